The molecule has 0 unspecified atom stereocenters. The quantitative estimate of drug-likeness (QED) is 0.309. The molecule has 0 bridgehead atoms. The van der Waals surface area contributed by atoms with Crippen LogP contribution in [-0.4, -0.2) is 56.4 Å². The monoisotopic (exact) mass is 497 g/mol. The molecule has 0 amide bonds. The van der Waals surface area contributed by atoms with E-state index in [0.717, 1.165) is 44.0 Å². The number of H-pyrrole nitrogens is 1. The summed E-state index contributed by atoms with van der Waals surface area (Å²) in [6.07, 6.45) is 5.41. The highest BCUT2D eigenvalue weighted by Gasteiger charge is 2.47. The summed E-state index contributed by atoms with van der Waals surface area (Å²) in [5.74, 6) is 4.76. The minimum atomic E-state index is -0.777. The number of nitrogens with one attached hydrogen (secondary N) is 1. The topological polar surface area (TPSA) is 97.4 Å². The van der Waals surface area contributed by atoms with Crippen molar-refractivity contribution in [1.29, 1.82) is 0 Å². The van der Waals surface area contributed by atoms with Crippen molar-refractivity contribution in [3.8, 4) is 11.8 Å². The van der Waals surface area contributed by atoms with E-state index in [1.54, 1.807) is 6.20 Å². The van der Waals surface area contributed by atoms with E-state index in [0.29, 0.717) is 29.0 Å². The number of fused-ring (bicyclic) bond motifs is 3. The van der Waals surface area contributed by atoms with Crippen molar-refractivity contribution in [2.45, 2.75) is 31.9 Å². The highest BCUT2D eigenvalue weighted by molar-refractivity contribution is 6.30. The lowest BCUT2D eigenvalue weighted by Crippen LogP contribution is -2.51. The van der Waals surface area contributed by atoms with Crippen molar-refractivity contribution in [3.63, 3.8) is 0 Å². The molecule has 0 aliphatic carbocycles. The molecule has 180 valence electrons. The van der Waals surface area contributed by atoms with Gasteiger partial charge in [-0.15, -0.1) is 0 Å². The number of aromatic nitrogens is 5. The SMILES string of the molecule is C[C@@H]1OCC2(CCN(c3nc4n[nH]c(C#Cc5cc(F)cc(Cl)c5F)c4c4nccn34)CC2)[C@@H]1N. The minimum absolute atomic E-state index is 0.00174. The Morgan fingerprint density at radius 3 is 2.80 bits per heavy atom. The van der Waals surface area contributed by atoms with Crippen LogP contribution in [0.4, 0.5) is 14.7 Å². The summed E-state index contributed by atoms with van der Waals surface area (Å²) in [5.41, 5.74) is 7.78. The van der Waals surface area contributed by atoms with Crippen molar-refractivity contribution < 1.29 is 13.5 Å². The second kappa shape index (κ2) is 8.16. The van der Waals surface area contributed by atoms with Gasteiger partial charge in [-0.2, -0.15) is 10.1 Å². The molecule has 11 heteroatoms. The number of aromatic amines is 1. The van der Waals surface area contributed by atoms with E-state index < -0.39 is 11.6 Å². The summed E-state index contributed by atoms with van der Waals surface area (Å²) in [4.78, 5) is 11.5. The first kappa shape index (κ1) is 22.2. The number of hydrogen-bond acceptors (Lipinski definition) is 6. The average molecular weight is 498 g/mol. The van der Waals surface area contributed by atoms with Crippen LogP contribution < -0.4 is 10.6 Å². The molecule has 6 rings (SSSR count). The van der Waals surface area contributed by atoms with Gasteiger partial charge in [0.1, 0.15) is 11.5 Å². The van der Waals surface area contributed by atoms with Crippen molar-refractivity contribution in [2.24, 2.45) is 11.1 Å². The van der Waals surface area contributed by atoms with Crippen LogP contribution in [0.15, 0.2) is 24.5 Å². The molecule has 3 N–H and O–H groups in total. The van der Waals surface area contributed by atoms with Gasteiger partial charge in [0.25, 0.3) is 0 Å². The lowest BCUT2D eigenvalue weighted by Gasteiger charge is -2.41. The molecule has 0 saturated carbocycles. The molecule has 2 fully saturated rings. The Morgan fingerprint density at radius 2 is 2.06 bits per heavy atom. The number of piperidine rings is 1. The van der Waals surface area contributed by atoms with Gasteiger partial charge < -0.3 is 15.4 Å². The smallest absolute Gasteiger partial charge is 0.213 e. The number of nitrogens with two attached hydrogens (primary N) is 1. The Labute approximate surface area is 204 Å². The maximum atomic E-state index is 14.3. The fraction of sp³-hybridized carbons (Fsp3) is 0.375. The van der Waals surface area contributed by atoms with E-state index in [9.17, 15) is 8.78 Å². The number of halogens is 3. The lowest BCUT2D eigenvalue weighted by molar-refractivity contribution is 0.0973. The Kier molecular flexibility index (Phi) is 5.18. The number of rotatable bonds is 1. The third kappa shape index (κ3) is 3.54. The average Bonchev–Trinajstić information content (AvgIpc) is 3.55. The van der Waals surface area contributed by atoms with E-state index >= 15 is 0 Å². The fourth-order valence-electron chi connectivity index (χ4n) is 5.14. The molecular weight excluding hydrogens is 476 g/mol. The molecule has 2 atom stereocenters. The van der Waals surface area contributed by atoms with Crippen molar-refractivity contribution in [1.82, 2.24) is 24.6 Å². The fourth-order valence-corrected chi connectivity index (χ4v) is 5.34. The maximum absolute atomic E-state index is 14.3. The lowest BCUT2D eigenvalue weighted by atomic mass is 9.73. The summed E-state index contributed by atoms with van der Waals surface area (Å²) < 4.78 is 35.7. The van der Waals surface area contributed by atoms with Crippen molar-refractivity contribution >= 4 is 34.2 Å². The molecular formula is C24H22ClF2N7O. The zero-order valence-electron chi connectivity index (χ0n) is 18.9. The normalized spacial score (nSPS) is 21.7. The van der Waals surface area contributed by atoms with Crippen LogP contribution in [0, 0.1) is 28.9 Å². The summed E-state index contributed by atoms with van der Waals surface area (Å²) in [7, 11) is 0. The van der Waals surface area contributed by atoms with Crippen LogP contribution in [0.5, 0.6) is 0 Å². The number of imidazole rings is 1. The van der Waals surface area contributed by atoms with Crippen LogP contribution in [0.2, 0.25) is 5.02 Å². The van der Waals surface area contributed by atoms with E-state index in [1.807, 2.05) is 17.5 Å². The molecule has 5 heterocycles. The zero-order valence-corrected chi connectivity index (χ0v) is 19.6. The highest BCUT2D eigenvalue weighted by atomic mass is 35.5. The third-order valence-electron chi connectivity index (χ3n) is 7.24. The largest absolute Gasteiger partial charge is 0.376 e. The third-order valence-corrected chi connectivity index (χ3v) is 7.51. The molecule has 2 saturated heterocycles. The predicted molar refractivity (Wildman–Crippen MR) is 127 cm³/mol. The van der Waals surface area contributed by atoms with Gasteiger partial charge in [0.05, 0.1) is 28.7 Å². The van der Waals surface area contributed by atoms with Gasteiger partial charge in [0.15, 0.2) is 17.1 Å². The number of ether oxygens (including phenoxy) is 1. The Morgan fingerprint density at radius 1 is 1.26 bits per heavy atom. The van der Waals surface area contributed by atoms with Crippen molar-refractivity contribution in [2.75, 3.05) is 24.6 Å². The zero-order chi connectivity index (χ0) is 24.3. The number of benzene rings is 1. The number of hydrogen-bond donors (Lipinski definition) is 2. The van der Waals surface area contributed by atoms with Crippen LogP contribution in [-0.2, 0) is 4.74 Å². The second-order valence-corrected chi connectivity index (χ2v) is 9.63. The van der Waals surface area contributed by atoms with Crippen LogP contribution in [0.25, 0.3) is 16.7 Å². The van der Waals surface area contributed by atoms with Crippen LogP contribution in [0.1, 0.15) is 31.0 Å². The van der Waals surface area contributed by atoms with Crippen LogP contribution in [0.3, 0.4) is 0 Å². The molecule has 35 heavy (non-hydrogen) atoms. The number of anilines is 1. The van der Waals surface area contributed by atoms with Crippen LogP contribution >= 0.6 is 11.6 Å². The number of nitrogens with zero attached hydrogens (tertiary/aromatic N) is 5. The van der Waals surface area contributed by atoms with Gasteiger partial charge in [-0.3, -0.25) is 9.50 Å². The van der Waals surface area contributed by atoms with Gasteiger partial charge in [-0.05, 0) is 37.8 Å². The van der Waals surface area contributed by atoms with Gasteiger partial charge in [0, 0.05) is 36.9 Å². The standard InChI is InChI=1S/C24H22ClF2N7O/c1-13-20(28)24(12-35-13)4-7-33(8-5-24)23-30-21-18(22-29-6-9-34(22)23)17(31-32-21)3-2-14-10-15(26)11-16(25)19(14)27/h6,9-11,13,20H,4-5,7-8,12,28H2,1H3,(H,31,32)/t13-,20+/m0/s1. The van der Waals surface area contributed by atoms with Gasteiger partial charge >= 0.3 is 0 Å². The molecule has 4 aromatic rings. The second-order valence-electron chi connectivity index (χ2n) is 9.22. The molecule has 2 aliphatic heterocycles. The molecule has 2 aliphatic rings. The first-order chi connectivity index (χ1) is 16.9. The first-order valence-corrected chi connectivity index (χ1v) is 11.7. The van der Waals surface area contributed by atoms with E-state index in [-0.39, 0.29) is 28.1 Å². The summed E-state index contributed by atoms with van der Waals surface area (Å²) in [6, 6.07) is 1.93. The first-order valence-electron chi connectivity index (χ1n) is 11.4. The Balaban J connectivity index is 1.36. The summed E-state index contributed by atoms with van der Waals surface area (Å²) >= 11 is 5.74. The van der Waals surface area contributed by atoms with Gasteiger partial charge in [0.2, 0.25) is 5.95 Å². The van der Waals surface area contributed by atoms with E-state index in [4.69, 9.17) is 27.1 Å². The van der Waals surface area contributed by atoms with Gasteiger partial charge in [-0.1, -0.05) is 17.5 Å². The molecule has 1 aromatic carbocycles. The highest BCUT2D eigenvalue weighted by Crippen LogP contribution is 2.42. The van der Waals surface area contributed by atoms with Crippen molar-refractivity contribution in [3.05, 3.63) is 52.4 Å². The Hall–Kier alpha value is -3.26. The maximum Gasteiger partial charge on any atom is 0.213 e. The predicted octanol–water partition coefficient (Wildman–Crippen LogP) is 3.27. The Bertz CT molecular complexity index is 1510. The summed E-state index contributed by atoms with van der Waals surface area (Å²) in [5, 5.41) is 7.44. The molecule has 3 aromatic heterocycles. The molecule has 0 radical (unpaired) electrons. The van der Waals surface area contributed by atoms with Gasteiger partial charge in [-0.25, -0.2) is 13.8 Å². The van der Waals surface area contributed by atoms with E-state index in [1.165, 1.54) is 0 Å². The molecule has 1 spiro atoms. The minimum Gasteiger partial charge on any atom is -0.376 e. The summed E-state index contributed by atoms with van der Waals surface area (Å²) in [6.45, 7) is 4.29. The van der Waals surface area contributed by atoms with E-state index in [2.05, 4.69) is 31.9 Å². The molecule has 8 nitrogen and oxygen atoms in total.